The molecule has 0 fully saturated rings. The molecule has 5 heteroatoms. The first-order valence-electron chi connectivity index (χ1n) is 8.12. The number of benzene rings is 2. The Morgan fingerprint density at radius 1 is 1.21 bits per heavy atom. The van der Waals surface area contributed by atoms with E-state index in [1.165, 1.54) is 11.1 Å². The Kier molecular flexibility index (Phi) is 3.78. The highest BCUT2D eigenvalue weighted by Crippen LogP contribution is 2.22. The lowest BCUT2D eigenvalue weighted by Gasteiger charge is -2.34. The predicted octanol–water partition coefficient (Wildman–Crippen LogP) is 2.61. The number of carbonyl (C=O) groups is 1. The molecule has 1 aliphatic rings. The van der Waals surface area contributed by atoms with Crippen LogP contribution in [-0.4, -0.2) is 35.6 Å². The SMILES string of the molecule is CN1Cc2ccccc2C[C@H]1CNC(=O)c1onc2ccccc12. The zero-order valence-electron chi connectivity index (χ0n) is 13.5. The third-order valence-electron chi connectivity index (χ3n) is 4.71. The van der Waals surface area contributed by atoms with Crippen LogP contribution in [0.4, 0.5) is 0 Å². The zero-order chi connectivity index (χ0) is 16.5. The molecule has 0 saturated heterocycles. The number of carbonyl (C=O) groups excluding carboxylic acids is 1. The highest BCUT2D eigenvalue weighted by molar-refractivity contribution is 6.03. The van der Waals surface area contributed by atoms with Crippen molar-refractivity contribution in [2.24, 2.45) is 0 Å². The third kappa shape index (κ3) is 2.67. The summed E-state index contributed by atoms with van der Waals surface area (Å²) in [4.78, 5) is 14.7. The van der Waals surface area contributed by atoms with Crippen LogP contribution in [0.1, 0.15) is 21.7 Å². The fourth-order valence-electron chi connectivity index (χ4n) is 3.29. The van der Waals surface area contributed by atoms with E-state index in [0.717, 1.165) is 18.4 Å². The van der Waals surface area contributed by atoms with Crippen molar-refractivity contribution in [1.82, 2.24) is 15.4 Å². The molecular weight excluding hydrogens is 302 g/mol. The Morgan fingerprint density at radius 2 is 1.96 bits per heavy atom. The van der Waals surface area contributed by atoms with Gasteiger partial charge in [-0.3, -0.25) is 9.69 Å². The van der Waals surface area contributed by atoms with E-state index in [9.17, 15) is 4.79 Å². The number of amides is 1. The van der Waals surface area contributed by atoms with Crippen molar-refractivity contribution in [3.8, 4) is 0 Å². The lowest BCUT2D eigenvalue weighted by molar-refractivity contribution is 0.0900. The Hall–Kier alpha value is -2.66. The monoisotopic (exact) mass is 321 g/mol. The van der Waals surface area contributed by atoms with E-state index >= 15 is 0 Å². The number of likely N-dealkylation sites (N-methyl/N-ethyl adjacent to an activating group) is 1. The molecule has 0 saturated carbocycles. The van der Waals surface area contributed by atoms with Gasteiger partial charge in [-0.15, -0.1) is 0 Å². The molecule has 4 rings (SSSR count). The van der Waals surface area contributed by atoms with E-state index in [1.54, 1.807) is 0 Å². The Morgan fingerprint density at radius 3 is 2.83 bits per heavy atom. The Bertz CT molecular complexity index is 887. The van der Waals surface area contributed by atoms with Gasteiger partial charge in [0.15, 0.2) is 0 Å². The molecule has 0 radical (unpaired) electrons. The van der Waals surface area contributed by atoms with Gasteiger partial charge in [-0.05, 0) is 36.7 Å². The van der Waals surface area contributed by atoms with Crippen LogP contribution < -0.4 is 5.32 Å². The summed E-state index contributed by atoms with van der Waals surface area (Å²) >= 11 is 0. The van der Waals surface area contributed by atoms with Gasteiger partial charge in [0.25, 0.3) is 5.91 Å². The maximum absolute atomic E-state index is 12.5. The molecule has 1 atom stereocenters. The molecule has 0 spiro atoms. The van der Waals surface area contributed by atoms with Crippen molar-refractivity contribution in [3.63, 3.8) is 0 Å². The second-order valence-corrected chi connectivity index (χ2v) is 6.28. The topological polar surface area (TPSA) is 58.4 Å². The summed E-state index contributed by atoms with van der Waals surface area (Å²) in [5.41, 5.74) is 3.43. The normalized spacial score (nSPS) is 17.6. The van der Waals surface area contributed by atoms with Crippen LogP contribution in [0.25, 0.3) is 10.9 Å². The molecule has 0 aliphatic carbocycles. The summed E-state index contributed by atoms with van der Waals surface area (Å²) in [6.45, 7) is 1.49. The molecular formula is C19H19N3O2. The molecule has 1 aromatic heterocycles. The van der Waals surface area contributed by atoms with Crippen molar-refractivity contribution in [2.45, 2.75) is 19.0 Å². The highest BCUT2D eigenvalue weighted by Gasteiger charge is 2.24. The molecule has 2 aromatic carbocycles. The van der Waals surface area contributed by atoms with Gasteiger partial charge in [0, 0.05) is 19.1 Å². The lowest BCUT2D eigenvalue weighted by Crippen LogP contribution is -2.45. The number of rotatable bonds is 3. The molecule has 1 amide bonds. The number of nitrogens with one attached hydrogen (secondary N) is 1. The fraction of sp³-hybridized carbons (Fsp3) is 0.263. The van der Waals surface area contributed by atoms with Crippen LogP contribution in [0.5, 0.6) is 0 Å². The van der Waals surface area contributed by atoms with E-state index in [4.69, 9.17) is 4.52 Å². The van der Waals surface area contributed by atoms with Crippen LogP contribution in [0.3, 0.4) is 0 Å². The Labute approximate surface area is 140 Å². The van der Waals surface area contributed by atoms with Crippen LogP contribution >= 0.6 is 0 Å². The molecule has 0 bridgehead atoms. The summed E-state index contributed by atoms with van der Waals surface area (Å²) in [6, 6.07) is 16.2. The largest absolute Gasteiger partial charge is 0.350 e. The van der Waals surface area contributed by atoms with Gasteiger partial charge < -0.3 is 9.84 Å². The van der Waals surface area contributed by atoms with Crippen molar-refractivity contribution in [3.05, 3.63) is 65.4 Å². The van der Waals surface area contributed by atoms with Gasteiger partial charge in [0.2, 0.25) is 5.76 Å². The number of hydrogen-bond donors (Lipinski definition) is 1. The van der Waals surface area contributed by atoms with Crippen LogP contribution in [0.15, 0.2) is 53.1 Å². The minimum absolute atomic E-state index is 0.212. The zero-order valence-corrected chi connectivity index (χ0v) is 13.5. The van der Waals surface area contributed by atoms with Gasteiger partial charge >= 0.3 is 0 Å². The number of hydrogen-bond acceptors (Lipinski definition) is 4. The second-order valence-electron chi connectivity index (χ2n) is 6.28. The van der Waals surface area contributed by atoms with Gasteiger partial charge in [0.05, 0.1) is 5.39 Å². The van der Waals surface area contributed by atoms with Crippen molar-refractivity contribution in [2.75, 3.05) is 13.6 Å². The summed E-state index contributed by atoms with van der Waals surface area (Å²) in [5, 5.41) is 7.67. The average molecular weight is 321 g/mol. The lowest BCUT2D eigenvalue weighted by atomic mass is 9.94. The molecule has 3 aromatic rings. The second kappa shape index (κ2) is 6.09. The van der Waals surface area contributed by atoms with E-state index in [0.29, 0.717) is 12.1 Å². The smallest absolute Gasteiger partial charge is 0.290 e. The van der Waals surface area contributed by atoms with E-state index in [1.807, 2.05) is 24.3 Å². The third-order valence-corrected chi connectivity index (χ3v) is 4.71. The highest BCUT2D eigenvalue weighted by atomic mass is 16.5. The molecule has 24 heavy (non-hydrogen) atoms. The van der Waals surface area contributed by atoms with Gasteiger partial charge in [-0.1, -0.05) is 41.6 Å². The van der Waals surface area contributed by atoms with Gasteiger partial charge in [0.1, 0.15) is 5.52 Å². The van der Waals surface area contributed by atoms with Gasteiger partial charge in [-0.25, -0.2) is 0 Å². The molecule has 0 unspecified atom stereocenters. The number of nitrogens with zero attached hydrogens (tertiary/aromatic N) is 2. The molecule has 1 N–H and O–H groups in total. The summed E-state index contributed by atoms with van der Waals surface area (Å²) in [7, 11) is 2.09. The van der Waals surface area contributed by atoms with Crippen LogP contribution in [0.2, 0.25) is 0 Å². The minimum atomic E-state index is -0.212. The van der Waals surface area contributed by atoms with E-state index in [-0.39, 0.29) is 17.7 Å². The minimum Gasteiger partial charge on any atom is -0.350 e. The number of aromatic nitrogens is 1. The average Bonchev–Trinajstić information content (AvgIpc) is 3.04. The van der Waals surface area contributed by atoms with E-state index < -0.39 is 0 Å². The van der Waals surface area contributed by atoms with Gasteiger partial charge in [-0.2, -0.15) is 0 Å². The summed E-state index contributed by atoms with van der Waals surface area (Å²) in [5.74, 6) is 0.0698. The van der Waals surface area contributed by atoms with Crippen LogP contribution in [-0.2, 0) is 13.0 Å². The van der Waals surface area contributed by atoms with E-state index in [2.05, 4.69) is 46.7 Å². The molecule has 122 valence electrons. The van der Waals surface area contributed by atoms with Crippen molar-refractivity contribution >= 4 is 16.8 Å². The summed E-state index contributed by atoms with van der Waals surface area (Å²) < 4.78 is 5.22. The predicted molar refractivity (Wildman–Crippen MR) is 91.7 cm³/mol. The molecule has 5 nitrogen and oxygen atoms in total. The van der Waals surface area contributed by atoms with Crippen molar-refractivity contribution < 1.29 is 9.32 Å². The first-order valence-corrected chi connectivity index (χ1v) is 8.12. The van der Waals surface area contributed by atoms with Crippen LogP contribution in [0, 0.1) is 0 Å². The molecule has 1 aliphatic heterocycles. The maximum atomic E-state index is 12.5. The number of fused-ring (bicyclic) bond motifs is 2. The Balaban J connectivity index is 1.46. The maximum Gasteiger partial charge on any atom is 0.290 e. The molecule has 2 heterocycles. The fourth-order valence-corrected chi connectivity index (χ4v) is 3.29. The first kappa shape index (κ1) is 14.9. The van der Waals surface area contributed by atoms with Crippen molar-refractivity contribution in [1.29, 1.82) is 0 Å². The quantitative estimate of drug-likeness (QED) is 0.805. The summed E-state index contributed by atoms with van der Waals surface area (Å²) in [6.07, 6.45) is 0.935. The first-order chi connectivity index (χ1) is 11.7. The standard InChI is InChI=1S/C19H19N3O2/c1-22-12-14-7-3-2-6-13(14)10-15(22)11-20-19(23)18-16-8-4-5-9-17(16)21-24-18/h2-9,15H,10-12H2,1H3,(H,20,23)/t15-/m0/s1.